The molecule has 0 aromatic carbocycles. The zero-order chi connectivity index (χ0) is 11.4. The van der Waals surface area contributed by atoms with Gasteiger partial charge in [0.25, 0.3) is 0 Å². The van der Waals surface area contributed by atoms with Gasteiger partial charge in [-0.15, -0.1) is 13.2 Å². The minimum atomic E-state index is -4.83. The highest BCUT2D eigenvalue weighted by atomic mass is 19.4. The SMILES string of the molecule is CC(=N)/C=C(/OC(F)(F)F)C(C)C#N. The summed E-state index contributed by atoms with van der Waals surface area (Å²) in [5.74, 6) is -1.59. The summed E-state index contributed by atoms with van der Waals surface area (Å²) in [6, 6.07) is 1.60. The molecule has 0 aliphatic rings. The highest BCUT2D eigenvalue weighted by Crippen LogP contribution is 2.24. The molecule has 0 radical (unpaired) electrons. The van der Waals surface area contributed by atoms with Crippen LogP contribution < -0.4 is 0 Å². The summed E-state index contributed by atoms with van der Waals surface area (Å²) < 4.78 is 39.0. The molecule has 1 N–H and O–H groups in total. The topological polar surface area (TPSA) is 56.9 Å². The first-order valence-electron chi connectivity index (χ1n) is 3.68. The van der Waals surface area contributed by atoms with Gasteiger partial charge in [-0.1, -0.05) is 0 Å². The molecule has 0 rings (SSSR count). The normalized spacial score (nSPS) is 14.4. The molecule has 0 fully saturated rings. The maximum atomic E-state index is 11.8. The van der Waals surface area contributed by atoms with E-state index in [1.807, 2.05) is 0 Å². The Morgan fingerprint density at radius 1 is 1.57 bits per heavy atom. The molecule has 0 aliphatic heterocycles. The molecule has 1 unspecified atom stereocenters. The van der Waals surface area contributed by atoms with E-state index in [9.17, 15) is 13.2 Å². The van der Waals surface area contributed by atoms with Gasteiger partial charge in [0, 0.05) is 5.71 Å². The Morgan fingerprint density at radius 3 is 2.36 bits per heavy atom. The molecule has 3 nitrogen and oxygen atoms in total. The van der Waals surface area contributed by atoms with E-state index in [-0.39, 0.29) is 5.71 Å². The molecule has 0 spiro atoms. The van der Waals surface area contributed by atoms with E-state index in [2.05, 4.69) is 4.74 Å². The molecule has 0 aromatic heterocycles. The minimum absolute atomic E-state index is 0.105. The number of alkyl halides is 3. The molecular weight excluding hydrogens is 197 g/mol. The predicted octanol–water partition coefficient (Wildman–Crippen LogP) is 2.61. The first-order chi connectivity index (χ1) is 6.26. The highest BCUT2D eigenvalue weighted by Gasteiger charge is 2.33. The van der Waals surface area contributed by atoms with Crippen LogP contribution in [0.3, 0.4) is 0 Å². The first-order valence-corrected chi connectivity index (χ1v) is 3.68. The van der Waals surface area contributed by atoms with E-state index in [1.54, 1.807) is 6.07 Å². The highest BCUT2D eigenvalue weighted by molar-refractivity contribution is 5.90. The average Bonchev–Trinajstić information content (AvgIpc) is 1.98. The van der Waals surface area contributed by atoms with Crippen molar-refractivity contribution in [2.45, 2.75) is 20.2 Å². The Bertz CT molecular complexity index is 288. The minimum Gasteiger partial charge on any atom is -0.409 e. The van der Waals surface area contributed by atoms with Crippen molar-refractivity contribution in [3.05, 3.63) is 11.8 Å². The summed E-state index contributed by atoms with van der Waals surface area (Å²) in [7, 11) is 0. The van der Waals surface area contributed by atoms with Crippen molar-refractivity contribution in [1.82, 2.24) is 0 Å². The van der Waals surface area contributed by atoms with Crippen LogP contribution in [0.5, 0.6) is 0 Å². The number of hydrogen-bond acceptors (Lipinski definition) is 3. The summed E-state index contributed by atoms with van der Waals surface area (Å²) in [6.07, 6.45) is -3.95. The molecule has 0 amide bonds. The number of halogens is 3. The van der Waals surface area contributed by atoms with Gasteiger partial charge in [-0.25, -0.2) is 0 Å². The number of nitrogens with one attached hydrogen (secondary N) is 1. The largest absolute Gasteiger partial charge is 0.572 e. The van der Waals surface area contributed by atoms with Gasteiger partial charge < -0.3 is 10.1 Å². The Hall–Kier alpha value is -1.51. The number of hydrogen-bond donors (Lipinski definition) is 1. The molecule has 0 aliphatic carbocycles. The Morgan fingerprint density at radius 2 is 2.07 bits per heavy atom. The zero-order valence-corrected chi connectivity index (χ0v) is 7.64. The lowest BCUT2D eigenvalue weighted by atomic mass is 10.1. The number of ether oxygens (including phenoxy) is 1. The van der Waals surface area contributed by atoms with E-state index in [0.29, 0.717) is 0 Å². The van der Waals surface area contributed by atoms with Crippen molar-refractivity contribution in [2.24, 2.45) is 5.92 Å². The standard InChI is InChI=1S/C8H9F3N2O/c1-5(4-12)7(3-6(2)13)14-8(9,10)11/h3,5,13H,1-2H3/b7-3+,13-6?. The van der Waals surface area contributed by atoms with E-state index in [0.717, 1.165) is 6.08 Å². The van der Waals surface area contributed by atoms with Gasteiger partial charge in [-0.2, -0.15) is 5.26 Å². The van der Waals surface area contributed by atoms with E-state index in [4.69, 9.17) is 10.7 Å². The fourth-order valence-corrected chi connectivity index (χ4v) is 0.653. The van der Waals surface area contributed by atoms with Gasteiger partial charge in [0.05, 0.1) is 6.07 Å². The maximum absolute atomic E-state index is 11.8. The Balaban J connectivity index is 4.77. The van der Waals surface area contributed by atoms with Crippen molar-refractivity contribution >= 4 is 5.71 Å². The second-order valence-corrected chi connectivity index (χ2v) is 2.63. The third kappa shape index (κ3) is 5.19. The molecule has 78 valence electrons. The monoisotopic (exact) mass is 206 g/mol. The van der Waals surface area contributed by atoms with Gasteiger partial charge in [-0.3, -0.25) is 0 Å². The Kier molecular flexibility index (Phi) is 4.15. The van der Waals surface area contributed by atoms with E-state index >= 15 is 0 Å². The second-order valence-electron chi connectivity index (χ2n) is 2.63. The molecule has 1 atom stereocenters. The van der Waals surface area contributed by atoms with Crippen molar-refractivity contribution in [2.75, 3.05) is 0 Å². The van der Waals surface area contributed by atoms with Crippen molar-refractivity contribution in [3.8, 4) is 6.07 Å². The van der Waals surface area contributed by atoms with Gasteiger partial charge in [0.2, 0.25) is 0 Å². The van der Waals surface area contributed by atoms with Gasteiger partial charge in [0.15, 0.2) is 0 Å². The summed E-state index contributed by atoms with van der Waals surface area (Å²) in [5.41, 5.74) is -0.105. The summed E-state index contributed by atoms with van der Waals surface area (Å²) in [6.45, 7) is 2.56. The number of nitrogens with zero attached hydrogens (tertiary/aromatic N) is 1. The van der Waals surface area contributed by atoms with E-state index in [1.165, 1.54) is 13.8 Å². The average molecular weight is 206 g/mol. The second kappa shape index (κ2) is 4.65. The van der Waals surface area contributed by atoms with Crippen molar-refractivity contribution in [1.29, 1.82) is 10.7 Å². The fourth-order valence-electron chi connectivity index (χ4n) is 0.653. The molecule has 0 saturated carbocycles. The van der Waals surface area contributed by atoms with E-state index < -0.39 is 18.0 Å². The lowest BCUT2D eigenvalue weighted by molar-refractivity contribution is -0.307. The molecule has 0 aromatic rings. The van der Waals surface area contributed by atoms with Crippen LogP contribution in [0.15, 0.2) is 11.8 Å². The summed E-state index contributed by atoms with van der Waals surface area (Å²) in [4.78, 5) is 0. The van der Waals surface area contributed by atoms with Crippen LogP contribution in [0.2, 0.25) is 0 Å². The lowest BCUT2D eigenvalue weighted by Crippen LogP contribution is -2.16. The van der Waals surface area contributed by atoms with Crippen molar-refractivity contribution < 1.29 is 17.9 Å². The summed E-state index contributed by atoms with van der Waals surface area (Å²) >= 11 is 0. The van der Waals surface area contributed by atoms with Crippen LogP contribution in [0.25, 0.3) is 0 Å². The van der Waals surface area contributed by atoms with Crippen LogP contribution >= 0.6 is 0 Å². The van der Waals surface area contributed by atoms with Crippen LogP contribution in [0.4, 0.5) is 13.2 Å². The van der Waals surface area contributed by atoms with Gasteiger partial charge in [-0.05, 0) is 19.9 Å². The smallest absolute Gasteiger partial charge is 0.409 e. The molecule has 0 heterocycles. The number of rotatable bonds is 3. The molecule has 6 heteroatoms. The van der Waals surface area contributed by atoms with Crippen LogP contribution in [0.1, 0.15) is 13.8 Å². The maximum Gasteiger partial charge on any atom is 0.572 e. The van der Waals surface area contributed by atoms with Crippen LogP contribution in [-0.2, 0) is 4.74 Å². The van der Waals surface area contributed by atoms with Crippen molar-refractivity contribution in [3.63, 3.8) is 0 Å². The van der Waals surface area contributed by atoms with Gasteiger partial charge in [0.1, 0.15) is 11.7 Å². The molecule has 0 bridgehead atoms. The third-order valence-corrected chi connectivity index (χ3v) is 1.21. The summed E-state index contributed by atoms with van der Waals surface area (Å²) in [5, 5.41) is 15.4. The third-order valence-electron chi connectivity index (χ3n) is 1.21. The molecule has 0 saturated heterocycles. The van der Waals surface area contributed by atoms with Crippen LogP contribution in [-0.4, -0.2) is 12.1 Å². The number of allylic oxidation sites excluding steroid dienone is 2. The predicted molar refractivity (Wildman–Crippen MR) is 43.4 cm³/mol. The van der Waals surface area contributed by atoms with Gasteiger partial charge >= 0.3 is 6.36 Å². The zero-order valence-electron chi connectivity index (χ0n) is 7.64. The quantitative estimate of drug-likeness (QED) is 0.570. The lowest BCUT2D eigenvalue weighted by Gasteiger charge is -2.13. The number of nitriles is 1. The fraction of sp³-hybridized carbons (Fsp3) is 0.500. The molecular formula is C8H9F3N2O. The first kappa shape index (κ1) is 12.5. The Labute approximate surface area is 79.3 Å². The van der Waals surface area contributed by atoms with Crippen LogP contribution in [0, 0.1) is 22.7 Å². The molecule has 14 heavy (non-hydrogen) atoms.